The summed E-state index contributed by atoms with van der Waals surface area (Å²) in [6.45, 7) is 0.783. The second-order valence-corrected chi connectivity index (χ2v) is 6.66. The first kappa shape index (κ1) is 15.1. The molecule has 1 fully saturated rings. The van der Waals surface area contributed by atoms with Gasteiger partial charge in [0.15, 0.2) is 5.69 Å². The van der Waals surface area contributed by atoms with Gasteiger partial charge in [0.25, 0.3) is 0 Å². The lowest BCUT2D eigenvalue weighted by atomic mass is 10.0. The molecule has 3 atom stereocenters. The van der Waals surface area contributed by atoms with Crippen LogP contribution in [0.3, 0.4) is 0 Å². The second kappa shape index (κ2) is 5.59. The molecule has 2 N–H and O–H groups in total. The Hall–Kier alpha value is -2.41. The molecule has 0 radical (unpaired) electrons. The van der Waals surface area contributed by atoms with E-state index in [0.29, 0.717) is 24.9 Å². The molecule has 0 aliphatic heterocycles. The number of carboxylic acids is 1. The molecule has 1 amide bonds. The van der Waals surface area contributed by atoms with Gasteiger partial charge in [-0.15, -0.1) is 5.10 Å². The predicted molar refractivity (Wildman–Crippen MR) is 84.9 cm³/mol. The van der Waals surface area contributed by atoms with Crippen LogP contribution in [0.2, 0.25) is 5.02 Å². The molecule has 7 nitrogen and oxygen atoms in total. The summed E-state index contributed by atoms with van der Waals surface area (Å²) >= 11 is 6.00. The van der Waals surface area contributed by atoms with Crippen LogP contribution in [0.1, 0.15) is 27.5 Å². The van der Waals surface area contributed by atoms with Crippen LogP contribution in [-0.2, 0) is 17.8 Å². The molecule has 8 heteroatoms. The number of aromatic carboxylic acids is 1. The number of benzene rings is 1. The summed E-state index contributed by atoms with van der Waals surface area (Å²) in [5.74, 6) is -0.353. The van der Waals surface area contributed by atoms with Gasteiger partial charge in [0.1, 0.15) is 0 Å². The zero-order valence-electron chi connectivity index (χ0n) is 12.6. The van der Waals surface area contributed by atoms with E-state index in [0.717, 1.165) is 11.4 Å². The first-order valence-electron chi connectivity index (χ1n) is 7.74. The van der Waals surface area contributed by atoms with Crippen LogP contribution in [0.25, 0.3) is 0 Å². The van der Waals surface area contributed by atoms with Crippen molar-refractivity contribution >= 4 is 23.5 Å². The van der Waals surface area contributed by atoms with E-state index >= 15 is 0 Å². The molecule has 24 heavy (non-hydrogen) atoms. The highest BCUT2D eigenvalue weighted by Crippen LogP contribution is 2.61. The van der Waals surface area contributed by atoms with Gasteiger partial charge in [0, 0.05) is 17.5 Å². The number of halogens is 1. The molecular formula is C16H15ClN4O3. The summed E-state index contributed by atoms with van der Waals surface area (Å²) in [5, 5.41) is 19.7. The van der Waals surface area contributed by atoms with E-state index in [1.54, 1.807) is 0 Å². The SMILES string of the molecule is O=C(O)c1cn(CCNC(=O)C2C3Cc4cc(Cl)ccc4C32)nn1. The van der Waals surface area contributed by atoms with Crippen molar-refractivity contribution in [1.29, 1.82) is 0 Å². The van der Waals surface area contributed by atoms with E-state index in [9.17, 15) is 9.59 Å². The van der Waals surface area contributed by atoms with Crippen molar-refractivity contribution in [2.75, 3.05) is 6.54 Å². The summed E-state index contributed by atoms with van der Waals surface area (Å²) < 4.78 is 1.41. The fourth-order valence-corrected chi connectivity index (χ4v) is 3.85. The number of rotatable bonds is 5. The number of carbonyl (C=O) groups is 2. The Balaban J connectivity index is 1.31. The van der Waals surface area contributed by atoms with Crippen LogP contribution in [0, 0.1) is 11.8 Å². The maximum absolute atomic E-state index is 12.3. The van der Waals surface area contributed by atoms with Crippen molar-refractivity contribution in [1.82, 2.24) is 20.3 Å². The normalized spacial score (nSPS) is 23.5. The van der Waals surface area contributed by atoms with Gasteiger partial charge in [-0.25, -0.2) is 9.48 Å². The zero-order valence-corrected chi connectivity index (χ0v) is 13.4. The van der Waals surface area contributed by atoms with Crippen LogP contribution in [0.4, 0.5) is 0 Å². The Morgan fingerprint density at radius 1 is 1.42 bits per heavy atom. The molecule has 4 rings (SSSR count). The van der Waals surface area contributed by atoms with Gasteiger partial charge in [-0.2, -0.15) is 0 Å². The molecule has 1 heterocycles. The molecule has 0 saturated heterocycles. The Morgan fingerprint density at radius 3 is 3.00 bits per heavy atom. The number of hydrogen-bond donors (Lipinski definition) is 2. The number of amides is 1. The highest BCUT2D eigenvalue weighted by Gasteiger charge is 2.59. The maximum atomic E-state index is 12.3. The van der Waals surface area contributed by atoms with E-state index in [-0.39, 0.29) is 17.5 Å². The molecule has 1 aromatic carbocycles. The van der Waals surface area contributed by atoms with Crippen molar-refractivity contribution in [3.8, 4) is 0 Å². The number of aromatic nitrogens is 3. The highest BCUT2D eigenvalue weighted by atomic mass is 35.5. The first-order chi connectivity index (χ1) is 11.5. The standard InChI is InChI=1S/C16H15ClN4O3/c17-9-1-2-10-8(5-9)6-11-13(10)14(11)15(22)18-3-4-21-7-12(16(23)24)19-20-21/h1-2,5,7,11,13-14H,3-4,6H2,(H,18,22)(H,23,24). The number of carbonyl (C=O) groups excluding carboxylic acids is 1. The zero-order chi connectivity index (χ0) is 16.8. The van der Waals surface area contributed by atoms with Crippen LogP contribution in [0.15, 0.2) is 24.4 Å². The van der Waals surface area contributed by atoms with Gasteiger partial charge in [0.2, 0.25) is 5.91 Å². The van der Waals surface area contributed by atoms with E-state index in [2.05, 4.69) is 15.6 Å². The number of carboxylic acid groups (broad SMARTS) is 1. The fourth-order valence-electron chi connectivity index (χ4n) is 3.66. The number of nitrogens with zero attached hydrogens (tertiary/aromatic N) is 3. The number of fused-ring (bicyclic) bond motifs is 3. The minimum atomic E-state index is -1.12. The molecule has 2 aromatic rings. The molecule has 124 valence electrons. The van der Waals surface area contributed by atoms with E-state index in [4.69, 9.17) is 16.7 Å². The van der Waals surface area contributed by atoms with Gasteiger partial charge in [-0.1, -0.05) is 22.9 Å². The lowest BCUT2D eigenvalue weighted by Gasteiger charge is -2.09. The van der Waals surface area contributed by atoms with Gasteiger partial charge in [-0.3, -0.25) is 4.79 Å². The third-order valence-corrected chi connectivity index (χ3v) is 5.02. The monoisotopic (exact) mass is 346 g/mol. The maximum Gasteiger partial charge on any atom is 0.358 e. The van der Waals surface area contributed by atoms with Crippen molar-refractivity contribution in [2.24, 2.45) is 11.8 Å². The molecule has 2 aliphatic carbocycles. The molecule has 3 unspecified atom stereocenters. The first-order valence-corrected chi connectivity index (χ1v) is 8.12. The number of nitrogens with one attached hydrogen (secondary N) is 1. The van der Waals surface area contributed by atoms with Crippen LogP contribution in [-0.4, -0.2) is 38.5 Å². The average Bonchev–Trinajstić information content (AvgIpc) is 2.91. The molecule has 1 saturated carbocycles. The van der Waals surface area contributed by atoms with E-state index in [1.165, 1.54) is 22.0 Å². The third kappa shape index (κ3) is 2.54. The topological polar surface area (TPSA) is 97.1 Å². The van der Waals surface area contributed by atoms with Crippen molar-refractivity contribution in [3.63, 3.8) is 0 Å². The molecule has 0 bridgehead atoms. The molecule has 1 aromatic heterocycles. The summed E-state index contributed by atoms with van der Waals surface area (Å²) in [6.07, 6.45) is 2.25. The second-order valence-electron chi connectivity index (χ2n) is 6.23. The Labute approximate surface area is 142 Å². The number of hydrogen-bond acceptors (Lipinski definition) is 4. The summed E-state index contributed by atoms with van der Waals surface area (Å²) in [4.78, 5) is 23.1. The van der Waals surface area contributed by atoms with Gasteiger partial charge in [-0.05, 0) is 41.5 Å². The van der Waals surface area contributed by atoms with Gasteiger partial charge in [0.05, 0.1) is 12.7 Å². The summed E-state index contributed by atoms with van der Waals surface area (Å²) in [5.41, 5.74) is 2.39. The van der Waals surface area contributed by atoms with Crippen LogP contribution in [0.5, 0.6) is 0 Å². The molecular weight excluding hydrogens is 332 g/mol. The predicted octanol–water partition coefficient (Wildman–Crippen LogP) is 1.33. The summed E-state index contributed by atoms with van der Waals surface area (Å²) in [6, 6.07) is 5.89. The van der Waals surface area contributed by atoms with Crippen molar-refractivity contribution < 1.29 is 14.7 Å². The van der Waals surface area contributed by atoms with Crippen molar-refractivity contribution in [3.05, 3.63) is 46.2 Å². The Kier molecular flexibility index (Phi) is 3.53. The van der Waals surface area contributed by atoms with Crippen LogP contribution >= 0.6 is 11.6 Å². The lowest BCUT2D eigenvalue weighted by Crippen LogP contribution is -2.30. The van der Waals surface area contributed by atoms with Gasteiger partial charge >= 0.3 is 5.97 Å². The highest BCUT2D eigenvalue weighted by molar-refractivity contribution is 6.30. The van der Waals surface area contributed by atoms with Crippen LogP contribution < -0.4 is 5.32 Å². The van der Waals surface area contributed by atoms with E-state index < -0.39 is 5.97 Å². The minimum Gasteiger partial charge on any atom is -0.476 e. The van der Waals surface area contributed by atoms with Crippen molar-refractivity contribution in [2.45, 2.75) is 18.9 Å². The Bertz CT molecular complexity index is 834. The molecule has 2 aliphatic rings. The quantitative estimate of drug-likeness (QED) is 0.851. The molecule has 0 spiro atoms. The third-order valence-electron chi connectivity index (χ3n) is 4.79. The lowest BCUT2D eigenvalue weighted by molar-refractivity contribution is -0.122. The smallest absolute Gasteiger partial charge is 0.358 e. The Morgan fingerprint density at radius 2 is 2.25 bits per heavy atom. The summed E-state index contributed by atoms with van der Waals surface area (Å²) in [7, 11) is 0. The largest absolute Gasteiger partial charge is 0.476 e. The average molecular weight is 347 g/mol. The minimum absolute atomic E-state index is 0.0315. The van der Waals surface area contributed by atoms with Gasteiger partial charge < -0.3 is 10.4 Å². The fraction of sp³-hybridized carbons (Fsp3) is 0.375. The van der Waals surface area contributed by atoms with E-state index in [1.807, 2.05) is 18.2 Å².